The molecule has 2 heterocycles. The lowest BCUT2D eigenvalue weighted by atomic mass is 9.87. The van der Waals surface area contributed by atoms with Crippen molar-refractivity contribution in [1.82, 2.24) is 10.6 Å². The number of nitrogens with zero attached hydrogens (tertiary/aromatic N) is 1. The molecule has 0 aromatic heterocycles. The first kappa shape index (κ1) is 23.3. The molecule has 0 unspecified atom stereocenters. The molecule has 166 valence electrons. The van der Waals surface area contributed by atoms with Crippen molar-refractivity contribution in [2.75, 3.05) is 26.2 Å². The van der Waals surface area contributed by atoms with E-state index in [2.05, 4.69) is 28.8 Å². The normalized spacial score (nSPS) is 18.0. The molecular weight excluding hydrogens is 399 g/mol. The number of piperidine rings is 2. The van der Waals surface area contributed by atoms with E-state index in [0.717, 1.165) is 50.1 Å². The molecule has 2 saturated heterocycles. The summed E-state index contributed by atoms with van der Waals surface area (Å²) >= 11 is 0. The Balaban J connectivity index is 0.000000176. The maximum absolute atomic E-state index is 12.8. The molecule has 0 saturated carbocycles. The summed E-state index contributed by atoms with van der Waals surface area (Å²) in [6.45, 7) is 5.85. The van der Waals surface area contributed by atoms with E-state index in [9.17, 15) is 13.2 Å². The molecule has 0 radical (unpaired) electrons. The minimum atomic E-state index is -4.23. The fourth-order valence-corrected chi connectivity index (χ4v) is 4.47. The van der Waals surface area contributed by atoms with E-state index in [1.165, 1.54) is 30.5 Å². The molecule has 3 nitrogen and oxygen atoms in total. The molecule has 0 bridgehead atoms. The van der Waals surface area contributed by atoms with Gasteiger partial charge in [-0.2, -0.15) is 18.4 Å². The van der Waals surface area contributed by atoms with E-state index >= 15 is 0 Å². The highest BCUT2D eigenvalue weighted by Gasteiger charge is 2.35. The fourth-order valence-electron chi connectivity index (χ4n) is 4.47. The van der Waals surface area contributed by atoms with Gasteiger partial charge in [-0.05, 0) is 99.4 Å². The van der Waals surface area contributed by atoms with Crippen molar-refractivity contribution in [3.8, 4) is 6.07 Å². The van der Waals surface area contributed by atoms with Crippen LogP contribution >= 0.6 is 0 Å². The summed E-state index contributed by atoms with van der Waals surface area (Å²) in [5.74, 6) is 0.719. The highest BCUT2D eigenvalue weighted by molar-refractivity contribution is 5.40. The molecule has 0 aliphatic carbocycles. The van der Waals surface area contributed by atoms with Gasteiger partial charge in [-0.3, -0.25) is 0 Å². The van der Waals surface area contributed by atoms with Gasteiger partial charge < -0.3 is 10.6 Å². The van der Waals surface area contributed by atoms with Gasteiger partial charge in [-0.25, -0.2) is 0 Å². The van der Waals surface area contributed by atoms with Gasteiger partial charge in [-0.1, -0.05) is 30.3 Å². The maximum atomic E-state index is 12.8. The summed E-state index contributed by atoms with van der Waals surface area (Å²) in [6.07, 6.45) is -0.238. The molecular formula is C25H30F3N3. The van der Waals surface area contributed by atoms with Crippen LogP contribution in [0.25, 0.3) is 0 Å². The van der Waals surface area contributed by atoms with E-state index in [1.54, 1.807) is 12.1 Å². The van der Waals surface area contributed by atoms with Gasteiger partial charge in [0.1, 0.15) is 0 Å². The Hall–Kier alpha value is -2.36. The first-order chi connectivity index (χ1) is 14.9. The SMILES string of the molecule is Cc1cc(C2CCNCC2)ccc1C#N.FC(F)(F)c1ccccc1C1CCNCC1. The smallest absolute Gasteiger partial charge is 0.317 e. The molecule has 2 aliphatic heterocycles. The zero-order chi connectivity index (χ0) is 22.3. The van der Waals surface area contributed by atoms with Gasteiger partial charge >= 0.3 is 6.18 Å². The molecule has 31 heavy (non-hydrogen) atoms. The minimum absolute atomic E-state index is 0.0408. The molecule has 2 aromatic rings. The first-order valence-electron chi connectivity index (χ1n) is 11.0. The summed E-state index contributed by atoms with van der Waals surface area (Å²) in [6, 6.07) is 14.4. The number of benzene rings is 2. The molecule has 6 heteroatoms. The molecule has 2 aliphatic rings. The number of aryl methyl sites for hydroxylation is 1. The zero-order valence-corrected chi connectivity index (χ0v) is 17.9. The summed E-state index contributed by atoms with van der Waals surface area (Å²) < 4.78 is 38.4. The van der Waals surface area contributed by atoms with Crippen LogP contribution in [0, 0.1) is 18.3 Å². The summed E-state index contributed by atoms with van der Waals surface area (Å²) in [5.41, 5.74) is 3.28. The summed E-state index contributed by atoms with van der Waals surface area (Å²) in [7, 11) is 0. The predicted molar refractivity (Wildman–Crippen MR) is 117 cm³/mol. The number of halogens is 3. The average molecular weight is 430 g/mol. The molecule has 2 fully saturated rings. The second kappa shape index (κ2) is 10.8. The molecule has 2 aromatic carbocycles. The largest absolute Gasteiger partial charge is 0.416 e. The van der Waals surface area contributed by atoms with Crippen molar-refractivity contribution in [3.63, 3.8) is 0 Å². The van der Waals surface area contributed by atoms with Crippen LogP contribution in [0.1, 0.15) is 65.3 Å². The van der Waals surface area contributed by atoms with Crippen molar-refractivity contribution >= 4 is 0 Å². The van der Waals surface area contributed by atoms with Gasteiger partial charge in [-0.15, -0.1) is 0 Å². The van der Waals surface area contributed by atoms with Crippen LogP contribution in [0.5, 0.6) is 0 Å². The number of hydrogen-bond donors (Lipinski definition) is 2. The van der Waals surface area contributed by atoms with Crippen LogP contribution in [-0.2, 0) is 6.18 Å². The third kappa shape index (κ3) is 6.32. The zero-order valence-electron chi connectivity index (χ0n) is 17.9. The Morgan fingerprint density at radius 3 is 2.00 bits per heavy atom. The van der Waals surface area contributed by atoms with E-state index in [1.807, 2.05) is 13.0 Å². The monoisotopic (exact) mass is 429 g/mol. The lowest BCUT2D eigenvalue weighted by molar-refractivity contribution is -0.138. The highest BCUT2D eigenvalue weighted by Crippen LogP contribution is 2.37. The lowest BCUT2D eigenvalue weighted by Gasteiger charge is -2.25. The van der Waals surface area contributed by atoms with Crippen molar-refractivity contribution < 1.29 is 13.2 Å². The summed E-state index contributed by atoms with van der Waals surface area (Å²) in [4.78, 5) is 0. The minimum Gasteiger partial charge on any atom is -0.317 e. The van der Waals surface area contributed by atoms with Crippen molar-refractivity contribution in [2.24, 2.45) is 0 Å². The van der Waals surface area contributed by atoms with E-state index in [-0.39, 0.29) is 5.92 Å². The van der Waals surface area contributed by atoms with Gasteiger partial charge in [0.05, 0.1) is 17.2 Å². The Labute approximate surface area is 182 Å². The second-order valence-electron chi connectivity index (χ2n) is 8.32. The topological polar surface area (TPSA) is 47.9 Å². The van der Waals surface area contributed by atoms with Gasteiger partial charge in [0.2, 0.25) is 0 Å². The Kier molecular flexibility index (Phi) is 8.11. The van der Waals surface area contributed by atoms with Gasteiger partial charge in [0.15, 0.2) is 0 Å². The van der Waals surface area contributed by atoms with Gasteiger partial charge in [0.25, 0.3) is 0 Å². The number of hydrogen-bond acceptors (Lipinski definition) is 3. The van der Waals surface area contributed by atoms with Crippen LogP contribution in [-0.4, -0.2) is 26.2 Å². The third-order valence-electron chi connectivity index (χ3n) is 6.23. The predicted octanol–water partition coefficient (Wildman–Crippen LogP) is 5.51. The highest BCUT2D eigenvalue weighted by atomic mass is 19.4. The van der Waals surface area contributed by atoms with Crippen LogP contribution in [0.15, 0.2) is 42.5 Å². The Morgan fingerprint density at radius 1 is 0.871 bits per heavy atom. The molecule has 0 atom stereocenters. The van der Waals surface area contributed by atoms with Gasteiger partial charge in [0, 0.05) is 0 Å². The standard InChI is InChI=1S/C13H16N2.C12H14F3N/c1-10-8-12(2-3-13(10)9-14)11-4-6-15-7-5-11;13-12(14,15)11-4-2-1-3-10(11)9-5-7-16-8-6-9/h2-3,8,11,15H,4-7H2,1H3;1-4,9,16H,5-8H2. The van der Waals surface area contributed by atoms with Crippen LogP contribution in [0.2, 0.25) is 0 Å². The molecule has 0 spiro atoms. The number of rotatable bonds is 2. The van der Waals surface area contributed by atoms with E-state index < -0.39 is 11.7 Å². The summed E-state index contributed by atoms with van der Waals surface area (Å²) in [5, 5.41) is 15.4. The van der Waals surface area contributed by atoms with Crippen molar-refractivity contribution in [1.29, 1.82) is 5.26 Å². The van der Waals surface area contributed by atoms with E-state index in [4.69, 9.17) is 5.26 Å². The van der Waals surface area contributed by atoms with Crippen LogP contribution in [0.4, 0.5) is 13.2 Å². The maximum Gasteiger partial charge on any atom is 0.416 e. The third-order valence-corrected chi connectivity index (χ3v) is 6.23. The first-order valence-corrected chi connectivity index (χ1v) is 11.0. The Morgan fingerprint density at radius 2 is 1.45 bits per heavy atom. The second-order valence-corrected chi connectivity index (χ2v) is 8.32. The van der Waals surface area contributed by atoms with Crippen LogP contribution < -0.4 is 10.6 Å². The van der Waals surface area contributed by atoms with Crippen molar-refractivity contribution in [3.05, 3.63) is 70.3 Å². The average Bonchev–Trinajstić information content (AvgIpc) is 2.80. The van der Waals surface area contributed by atoms with Crippen molar-refractivity contribution in [2.45, 2.75) is 50.6 Å². The van der Waals surface area contributed by atoms with Crippen LogP contribution in [0.3, 0.4) is 0 Å². The van der Waals surface area contributed by atoms with E-state index in [0.29, 0.717) is 11.5 Å². The lowest BCUT2D eigenvalue weighted by Crippen LogP contribution is -2.27. The number of nitriles is 1. The molecule has 0 amide bonds. The fraction of sp³-hybridized carbons (Fsp3) is 0.480. The molecule has 2 N–H and O–H groups in total. The quantitative estimate of drug-likeness (QED) is 0.662. The number of alkyl halides is 3. The number of nitrogens with one attached hydrogen (secondary N) is 2. The Bertz CT molecular complexity index is 890. The molecule has 4 rings (SSSR count).